The second kappa shape index (κ2) is 7.07. The largest absolute Gasteiger partial charge is 0.442 e. The summed E-state index contributed by atoms with van der Waals surface area (Å²) < 4.78 is 152. The molecule has 0 radical (unpaired) electrons. The van der Waals surface area contributed by atoms with Gasteiger partial charge >= 0.3 is 23.9 Å². The average Bonchev–Trinajstić information content (AvgIpc) is 2.54. The van der Waals surface area contributed by atoms with Gasteiger partial charge in [-0.1, -0.05) is 6.92 Å². The summed E-state index contributed by atoms with van der Waals surface area (Å²) >= 11 is 0. The van der Waals surface area contributed by atoms with Crippen molar-refractivity contribution in [1.82, 2.24) is 0 Å². The van der Waals surface area contributed by atoms with Gasteiger partial charge in [-0.05, 0) is 20.3 Å². The molecule has 13 heteroatoms. The molecule has 0 aliphatic rings. The molecule has 0 amide bonds. The van der Waals surface area contributed by atoms with Crippen molar-refractivity contribution >= 4 is 5.97 Å². The Labute approximate surface area is 150 Å². The highest BCUT2D eigenvalue weighted by Gasteiger charge is 2.78. The quantitative estimate of drug-likeness (QED) is 0.265. The van der Waals surface area contributed by atoms with E-state index in [4.69, 9.17) is 0 Å². The molecule has 28 heavy (non-hydrogen) atoms. The van der Waals surface area contributed by atoms with Crippen molar-refractivity contribution in [2.45, 2.75) is 45.1 Å². The van der Waals surface area contributed by atoms with E-state index in [0.29, 0.717) is 0 Å². The molecule has 0 spiro atoms. The van der Waals surface area contributed by atoms with Crippen molar-refractivity contribution in [3.8, 4) is 0 Å². The zero-order chi connectivity index (χ0) is 22.5. The SMILES string of the molecule is CCC(C)(C)C(=O)OC(c1c(F)c(F)c(F)c(F)c1F)(C(F)(F)F)C(F)(F)F. The van der Waals surface area contributed by atoms with Crippen LogP contribution in [0, 0.1) is 34.5 Å². The van der Waals surface area contributed by atoms with Gasteiger partial charge in [0.05, 0.1) is 11.0 Å². The van der Waals surface area contributed by atoms with Crippen LogP contribution in [0.3, 0.4) is 0 Å². The van der Waals surface area contributed by atoms with Crippen LogP contribution in [0.1, 0.15) is 32.8 Å². The summed E-state index contributed by atoms with van der Waals surface area (Å²) in [5.74, 6) is -18.2. The number of rotatable bonds is 4. The first-order valence-corrected chi connectivity index (χ1v) is 7.25. The van der Waals surface area contributed by atoms with Crippen LogP contribution in [0.25, 0.3) is 0 Å². The third-order valence-electron chi connectivity index (χ3n) is 4.04. The number of halogens is 11. The summed E-state index contributed by atoms with van der Waals surface area (Å²) in [4.78, 5) is 11.9. The summed E-state index contributed by atoms with van der Waals surface area (Å²) in [6, 6.07) is 0. The van der Waals surface area contributed by atoms with Crippen LogP contribution in [0.5, 0.6) is 0 Å². The minimum absolute atomic E-state index is 0.380. The fraction of sp³-hybridized carbons (Fsp3) is 0.533. The highest BCUT2D eigenvalue weighted by molar-refractivity contribution is 5.76. The number of benzene rings is 1. The number of ether oxygens (including phenoxy) is 1. The summed E-state index contributed by atoms with van der Waals surface area (Å²) in [7, 11) is 0. The first-order chi connectivity index (χ1) is 12.4. The second-order valence-electron chi connectivity index (χ2n) is 6.25. The van der Waals surface area contributed by atoms with E-state index in [1.807, 2.05) is 0 Å². The molecule has 1 aromatic rings. The Morgan fingerprint density at radius 2 is 1.07 bits per heavy atom. The standard InChI is InChI=1S/C15H11F11O2/c1-4-12(2,3)11(27)28-13(14(21,22)23,15(24,25)26)5-6(16)8(18)10(20)9(19)7(5)17/h4H2,1-3H3. The number of alkyl halides is 6. The van der Waals surface area contributed by atoms with Gasteiger partial charge in [-0.2, -0.15) is 26.3 Å². The second-order valence-corrected chi connectivity index (χ2v) is 6.25. The van der Waals surface area contributed by atoms with Crippen LogP contribution in [0.2, 0.25) is 0 Å². The molecule has 0 saturated heterocycles. The molecule has 0 heterocycles. The first-order valence-electron chi connectivity index (χ1n) is 7.25. The van der Waals surface area contributed by atoms with Crippen LogP contribution in [0.15, 0.2) is 0 Å². The summed E-state index contributed by atoms with van der Waals surface area (Å²) in [5.41, 5.74) is -11.6. The van der Waals surface area contributed by atoms with E-state index in [0.717, 1.165) is 13.8 Å². The van der Waals surface area contributed by atoms with Crippen LogP contribution >= 0.6 is 0 Å². The van der Waals surface area contributed by atoms with E-state index in [-0.39, 0.29) is 6.42 Å². The predicted octanol–water partition coefficient (Wildman–Crippen LogP) is 5.68. The summed E-state index contributed by atoms with van der Waals surface area (Å²) in [5, 5.41) is 0. The maximum Gasteiger partial charge on any atom is 0.442 e. The Balaban J connectivity index is 4.09. The minimum Gasteiger partial charge on any atom is -0.434 e. The molecule has 0 bridgehead atoms. The Kier molecular flexibility index (Phi) is 6.05. The molecule has 160 valence electrons. The lowest BCUT2D eigenvalue weighted by Gasteiger charge is -2.39. The maximum absolute atomic E-state index is 13.9. The Bertz CT molecular complexity index is 735. The fourth-order valence-corrected chi connectivity index (χ4v) is 1.95. The van der Waals surface area contributed by atoms with Gasteiger partial charge in [-0.15, -0.1) is 0 Å². The lowest BCUT2D eigenvalue weighted by atomic mass is 9.87. The lowest BCUT2D eigenvalue weighted by molar-refractivity contribution is -0.381. The van der Waals surface area contributed by atoms with E-state index >= 15 is 0 Å². The Morgan fingerprint density at radius 1 is 0.750 bits per heavy atom. The summed E-state index contributed by atoms with van der Waals surface area (Å²) in [6.07, 6.45) is -14.1. The Hall–Kier alpha value is -2.08. The number of hydrogen-bond acceptors (Lipinski definition) is 2. The zero-order valence-electron chi connectivity index (χ0n) is 14.2. The monoisotopic (exact) mass is 432 g/mol. The van der Waals surface area contributed by atoms with E-state index in [2.05, 4.69) is 4.74 Å². The van der Waals surface area contributed by atoms with Crippen molar-refractivity contribution in [2.75, 3.05) is 0 Å². The molecule has 1 aromatic carbocycles. The van der Waals surface area contributed by atoms with E-state index < -0.39 is 64.0 Å². The van der Waals surface area contributed by atoms with Gasteiger partial charge in [0.1, 0.15) is 0 Å². The molecule has 0 aliphatic heterocycles. The highest BCUT2D eigenvalue weighted by atomic mass is 19.4. The maximum atomic E-state index is 13.9. The van der Waals surface area contributed by atoms with Gasteiger partial charge in [-0.25, -0.2) is 22.0 Å². The van der Waals surface area contributed by atoms with E-state index in [9.17, 15) is 53.1 Å². The van der Waals surface area contributed by atoms with Gasteiger partial charge in [0.25, 0.3) is 0 Å². The number of carbonyl (C=O) groups is 1. The molecule has 0 saturated carbocycles. The van der Waals surface area contributed by atoms with Crippen LogP contribution < -0.4 is 0 Å². The molecular weight excluding hydrogens is 421 g/mol. The van der Waals surface area contributed by atoms with Gasteiger partial charge in [-0.3, -0.25) is 4.79 Å². The topological polar surface area (TPSA) is 26.3 Å². The average molecular weight is 432 g/mol. The Morgan fingerprint density at radius 3 is 1.36 bits per heavy atom. The molecule has 1 rings (SSSR count). The van der Waals surface area contributed by atoms with Crippen molar-refractivity contribution in [3.63, 3.8) is 0 Å². The zero-order valence-corrected chi connectivity index (χ0v) is 14.2. The van der Waals surface area contributed by atoms with E-state index in [1.54, 1.807) is 0 Å². The molecular formula is C15H11F11O2. The van der Waals surface area contributed by atoms with Crippen molar-refractivity contribution in [3.05, 3.63) is 34.6 Å². The normalized spacial score (nSPS) is 13.6. The van der Waals surface area contributed by atoms with Crippen molar-refractivity contribution in [1.29, 1.82) is 0 Å². The van der Waals surface area contributed by atoms with Crippen LogP contribution in [0.4, 0.5) is 48.3 Å². The fourth-order valence-electron chi connectivity index (χ4n) is 1.95. The summed E-state index contributed by atoms with van der Waals surface area (Å²) in [6.45, 7) is 2.87. The predicted molar refractivity (Wildman–Crippen MR) is 70.2 cm³/mol. The van der Waals surface area contributed by atoms with Gasteiger partial charge < -0.3 is 4.74 Å². The molecule has 0 unspecified atom stereocenters. The van der Waals surface area contributed by atoms with Crippen molar-refractivity contribution < 1.29 is 57.8 Å². The van der Waals surface area contributed by atoms with Crippen molar-refractivity contribution in [2.24, 2.45) is 5.41 Å². The molecule has 2 nitrogen and oxygen atoms in total. The molecule has 0 aromatic heterocycles. The third kappa shape index (κ3) is 3.50. The van der Waals surface area contributed by atoms with Crippen LogP contribution in [-0.4, -0.2) is 18.3 Å². The number of carbonyl (C=O) groups excluding carboxylic acids is 1. The minimum atomic E-state index is -6.84. The van der Waals surface area contributed by atoms with Gasteiger partial charge in [0, 0.05) is 0 Å². The third-order valence-corrected chi connectivity index (χ3v) is 4.04. The number of esters is 1. The first kappa shape index (κ1) is 24.0. The van der Waals surface area contributed by atoms with Gasteiger partial charge in [0.2, 0.25) is 5.82 Å². The van der Waals surface area contributed by atoms with Gasteiger partial charge in [0.15, 0.2) is 23.3 Å². The molecule has 0 fully saturated rings. The lowest BCUT2D eigenvalue weighted by Crippen LogP contribution is -2.59. The molecule has 0 atom stereocenters. The highest BCUT2D eigenvalue weighted by Crippen LogP contribution is 2.55. The van der Waals surface area contributed by atoms with E-state index in [1.165, 1.54) is 6.92 Å². The number of hydrogen-bond donors (Lipinski definition) is 0. The molecule has 0 aliphatic carbocycles. The molecule has 0 N–H and O–H groups in total. The smallest absolute Gasteiger partial charge is 0.434 e. The van der Waals surface area contributed by atoms with Crippen LogP contribution in [-0.2, 0) is 15.1 Å².